The molecule has 6 heteroatoms. The zero-order valence-corrected chi connectivity index (χ0v) is 10.6. The smallest absolute Gasteiger partial charge is 0.204 e. The first-order chi connectivity index (χ1) is 7.56. The lowest BCUT2D eigenvalue weighted by atomic mass is 10.3. The van der Waals surface area contributed by atoms with E-state index in [2.05, 4.69) is 15.3 Å². The van der Waals surface area contributed by atoms with Gasteiger partial charge in [-0.15, -0.1) is 0 Å². The molecule has 0 radical (unpaired) electrons. The van der Waals surface area contributed by atoms with Crippen molar-refractivity contribution in [1.82, 2.24) is 9.97 Å². The Kier molecular flexibility index (Phi) is 3.28. The predicted octanol–water partition coefficient (Wildman–Crippen LogP) is 4.42. The molecular formula is C10H8Cl3N3. The Morgan fingerprint density at radius 1 is 1.12 bits per heavy atom. The molecule has 16 heavy (non-hydrogen) atoms. The molecule has 0 unspecified atom stereocenters. The summed E-state index contributed by atoms with van der Waals surface area (Å²) >= 11 is 17.7. The van der Waals surface area contributed by atoms with E-state index in [0.717, 1.165) is 5.69 Å². The fraction of sp³-hybridized carbons (Fsp3) is 0.100. The van der Waals surface area contributed by atoms with E-state index in [0.29, 0.717) is 26.7 Å². The molecule has 0 amide bonds. The summed E-state index contributed by atoms with van der Waals surface area (Å²) < 4.78 is 0. The van der Waals surface area contributed by atoms with Gasteiger partial charge in [0.15, 0.2) is 0 Å². The molecule has 0 atom stereocenters. The van der Waals surface area contributed by atoms with Gasteiger partial charge in [-0.3, -0.25) is 0 Å². The highest BCUT2D eigenvalue weighted by Crippen LogP contribution is 2.33. The first-order valence-corrected chi connectivity index (χ1v) is 5.63. The second kappa shape index (κ2) is 4.53. The minimum absolute atomic E-state index is 0.424. The number of benzene rings is 1. The van der Waals surface area contributed by atoms with Gasteiger partial charge < -0.3 is 10.3 Å². The molecule has 3 nitrogen and oxygen atoms in total. The van der Waals surface area contributed by atoms with Crippen LogP contribution in [-0.4, -0.2) is 9.97 Å². The Morgan fingerprint density at radius 3 is 2.44 bits per heavy atom. The van der Waals surface area contributed by atoms with Gasteiger partial charge in [-0.05, 0) is 19.1 Å². The second-order valence-electron chi connectivity index (χ2n) is 3.29. The van der Waals surface area contributed by atoms with E-state index in [1.54, 1.807) is 18.3 Å². The third-order valence-corrected chi connectivity index (χ3v) is 3.00. The normalized spacial score (nSPS) is 10.5. The summed E-state index contributed by atoms with van der Waals surface area (Å²) in [6.07, 6.45) is 1.72. The van der Waals surface area contributed by atoms with Crippen molar-refractivity contribution in [2.75, 3.05) is 5.32 Å². The summed E-state index contributed by atoms with van der Waals surface area (Å²) in [6.45, 7) is 1.91. The molecule has 2 aromatic rings. The van der Waals surface area contributed by atoms with Gasteiger partial charge >= 0.3 is 0 Å². The van der Waals surface area contributed by atoms with Crippen LogP contribution in [0.3, 0.4) is 0 Å². The zero-order chi connectivity index (χ0) is 11.7. The molecule has 0 saturated carbocycles. The summed E-state index contributed by atoms with van der Waals surface area (Å²) in [4.78, 5) is 7.13. The number of H-pyrrole nitrogens is 1. The molecule has 1 aromatic heterocycles. The Balaban J connectivity index is 2.31. The molecule has 0 fully saturated rings. The molecular weight excluding hydrogens is 268 g/mol. The molecule has 0 aliphatic rings. The molecule has 0 aliphatic heterocycles. The second-order valence-corrected chi connectivity index (χ2v) is 4.51. The van der Waals surface area contributed by atoms with Crippen molar-refractivity contribution in [3.8, 4) is 0 Å². The topological polar surface area (TPSA) is 40.7 Å². The number of hydrogen-bond donors (Lipinski definition) is 2. The number of nitrogens with one attached hydrogen (secondary N) is 2. The number of aromatic amines is 1. The van der Waals surface area contributed by atoms with Gasteiger partial charge in [-0.1, -0.05) is 34.8 Å². The molecule has 0 bridgehead atoms. The van der Waals surface area contributed by atoms with Gasteiger partial charge in [0.2, 0.25) is 5.95 Å². The van der Waals surface area contributed by atoms with E-state index >= 15 is 0 Å². The molecule has 84 valence electrons. The molecule has 1 aromatic carbocycles. The number of aromatic nitrogens is 2. The summed E-state index contributed by atoms with van der Waals surface area (Å²) in [5.74, 6) is 0.609. The zero-order valence-electron chi connectivity index (χ0n) is 8.31. The third kappa shape index (κ3) is 2.43. The number of imidazole rings is 1. The number of halogens is 3. The SMILES string of the molecule is Cc1cnc(Nc2cc(Cl)c(Cl)cc2Cl)[nH]1. The van der Waals surface area contributed by atoms with Crippen LogP contribution in [0.4, 0.5) is 11.6 Å². The highest BCUT2D eigenvalue weighted by atomic mass is 35.5. The van der Waals surface area contributed by atoms with E-state index in [-0.39, 0.29) is 0 Å². The van der Waals surface area contributed by atoms with E-state index in [9.17, 15) is 0 Å². The number of rotatable bonds is 2. The Morgan fingerprint density at radius 2 is 1.81 bits per heavy atom. The standard InChI is InChI=1S/C10H8Cl3N3/c1-5-4-14-10(15-5)16-9-3-7(12)6(11)2-8(9)13/h2-4H,1H3,(H2,14,15,16). The number of hydrogen-bond acceptors (Lipinski definition) is 2. The minimum Gasteiger partial charge on any atom is -0.328 e. The quantitative estimate of drug-likeness (QED) is 0.797. The van der Waals surface area contributed by atoms with Crippen molar-refractivity contribution in [2.45, 2.75) is 6.92 Å². The van der Waals surface area contributed by atoms with E-state index in [1.807, 2.05) is 6.92 Å². The lowest BCUT2D eigenvalue weighted by Gasteiger charge is -2.07. The van der Waals surface area contributed by atoms with Gasteiger partial charge in [0, 0.05) is 11.9 Å². The molecule has 0 saturated heterocycles. The summed E-state index contributed by atoms with van der Waals surface area (Å²) in [5.41, 5.74) is 1.61. The van der Waals surface area contributed by atoms with Crippen molar-refractivity contribution in [3.05, 3.63) is 39.1 Å². The van der Waals surface area contributed by atoms with Crippen LogP contribution in [0.5, 0.6) is 0 Å². The highest BCUT2D eigenvalue weighted by Gasteiger charge is 2.07. The van der Waals surface area contributed by atoms with Crippen molar-refractivity contribution in [3.63, 3.8) is 0 Å². The largest absolute Gasteiger partial charge is 0.328 e. The van der Waals surface area contributed by atoms with Crippen LogP contribution < -0.4 is 5.32 Å². The first-order valence-electron chi connectivity index (χ1n) is 4.49. The van der Waals surface area contributed by atoms with Crippen LogP contribution in [0.25, 0.3) is 0 Å². The van der Waals surface area contributed by atoms with Gasteiger partial charge in [0.1, 0.15) is 0 Å². The fourth-order valence-corrected chi connectivity index (χ4v) is 1.82. The van der Waals surface area contributed by atoms with Gasteiger partial charge in [-0.2, -0.15) is 0 Å². The van der Waals surface area contributed by atoms with Crippen molar-refractivity contribution < 1.29 is 0 Å². The third-order valence-electron chi connectivity index (χ3n) is 1.97. The van der Waals surface area contributed by atoms with Crippen molar-refractivity contribution in [2.24, 2.45) is 0 Å². The van der Waals surface area contributed by atoms with E-state index in [4.69, 9.17) is 34.8 Å². The molecule has 2 N–H and O–H groups in total. The van der Waals surface area contributed by atoms with Crippen molar-refractivity contribution >= 4 is 46.4 Å². The lowest BCUT2D eigenvalue weighted by Crippen LogP contribution is -1.93. The van der Waals surface area contributed by atoms with Gasteiger partial charge in [-0.25, -0.2) is 4.98 Å². The summed E-state index contributed by atoms with van der Waals surface area (Å²) in [6, 6.07) is 3.24. The maximum Gasteiger partial charge on any atom is 0.204 e. The molecule has 2 rings (SSSR count). The van der Waals surface area contributed by atoms with Crippen LogP contribution >= 0.6 is 34.8 Å². The monoisotopic (exact) mass is 275 g/mol. The Bertz CT molecular complexity index is 522. The minimum atomic E-state index is 0.424. The van der Waals surface area contributed by atoms with Crippen LogP contribution in [0.15, 0.2) is 18.3 Å². The fourth-order valence-electron chi connectivity index (χ4n) is 1.22. The molecule has 0 aliphatic carbocycles. The predicted molar refractivity (Wildman–Crippen MR) is 68.1 cm³/mol. The Labute approximate surface area is 108 Å². The maximum absolute atomic E-state index is 6.01. The number of aryl methyl sites for hydroxylation is 1. The molecule has 0 spiro atoms. The van der Waals surface area contributed by atoms with Crippen LogP contribution in [0.1, 0.15) is 5.69 Å². The average Bonchev–Trinajstić information content (AvgIpc) is 2.60. The van der Waals surface area contributed by atoms with Crippen molar-refractivity contribution in [1.29, 1.82) is 0 Å². The van der Waals surface area contributed by atoms with E-state index in [1.165, 1.54) is 0 Å². The van der Waals surface area contributed by atoms with Gasteiger partial charge in [0.25, 0.3) is 0 Å². The number of anilines is 2. The summed E-state index contributed by atoms with van der Waals surface area (Å²) in [5, 5.41) is 4.37. The highest BCUT2D eigenvalue weighted by molar-refractivity contribution is 6.44. The van der Waals surface area contributed by atoms with Crippen LogP contribution in [0.2, 0.25) is 15.1 Å². The van der Waals surface area contributed by atoms with E-state index < -0.39 is 0 Å². The lowest BCUT2D eigenvalue weighted by molar-refractivity contribution is 1.24. The number of nitrogens with zero attached hydrogens (tertiary/aromatic N) is 1. The van der Waals surface area contributed by atoms with Gasteiger partial charge in [0.05, 0.1) is 20.8 Å². The Hall–Kier alpha value is -0.900. The first kappa shape index (κ1) is 11.6. The molecule has 1 heterocycles. The van der Waals surface area contributed by atoms with Crippen LogP contribution in [0, 0.1) is 6.92 Å². The maximum atomic E-state index is 6.01. The summed E-state index contributed by atoms with van der Waals surface area (Å²) in [7, 11) is 0. The van der Waals surface area contributed by atoms with Crippen LogP contribution in [-0.2, 0) is 0 Å². The average molecular weight is 277 g/mol.